The molecule has 0 saturated carbocycles. The molecule has 3 amide bonds. The van der Waals surface area contributed by atoms with Gasteiger partial charge in [-0.3, -0.25) is 14.4 Å². The lowest BCUT2D eigenvalue weighted by Gasteiger charge is -2.19. The van der Waals surface area contributed by atoms with E-state index in [0.29, 0.717) is 28.9 Å². The quantitative estimate of drug-likeness (QED) is 0.0244. The highest BCUT2D eigenvalue weighted by molar-refractivity contribution is 5.96. The lowest BCUT2D eigenvalue weighted by atomic mass is 9.95. The Balaban J connectivity index is 0.000000211. The van der Waals surface area contributed by atoms with E-state index in [1.165, 1.54) is 0 Å². The van der Waals surface area contributed by atoms with Gasteiger partial charge in [0.15, 0.2) is 6.61 Å². The first-order valence-electron chi connectivity index (χ1n) is 30.4. The number of anilines is 3. The largest absolute Gasteiger partial charge is 0.484 e. The van der Waals surface area contributed by atoms with Gasteiger partial charge < -0.3 is 36.0 Å². The Hall–Kier alpha value is -9.62. The number of carboxylic acids is 3. The van der Waals surface area contributed by atoms with Crippen molar-refractivity contribution in [1.82, 2.24) is 0 Å². The van der Waals surface area contributed by atoms with E-state index in [2.05, 4.69) is 28.1 Å². The van der Waals surface area contributed by atoms with E-state index in [9.17, 15) is 44.1 Å². The number of hydrogen-bond acceptors (Lipinski definition) is 7. The van der Waals surface area contributed by atoms with Crippen LogP contribution in [0.1, 0.15) is 149 Å². The summed E-state index contributed by atoms with van der Waals surface area (Å²) in [5.41, 5.74) is 10.3. The highest BCUT2D eigenvalue weighted by Gasteiger charge is 2.22. The molecule has 8 rings (SSSR count). The minimum Gasteiger partial charge on any atom is -0.484 e. The molecule has 0 atom stereocenters. The summed E-state index contributed by atoms with van der Waals surface area (Å²) in [6, 6.07) is 64.2. The number of benzene rings is 8. The molecule has 0 heterocycles. The highest BCUT2D eigenvalue weighted by Crippen LogP contribution is 2.25. The minimum absolute atomic E-state index is 0.0141. The first-order chi connectivity index (χ1) is 42.5. The smallest absolute Gasteiger partial charge is 0.335 e. The zero-order valence-electron chi connectivity index (χ0n) is 50.9. The van der Waals surface area contributed by atoms with Gasteiger partial charge in [-0.1, -0.05) is 198 Å². The summed E-state index contributed by atoms with van der Waals surface area (Å²) in [5.74, 6) is -2.15. The third-order valence-corrected chi connectivity index (χ3v) is 14.8. The number of amides is 3. The number of carbonyl (C=O) groups is 6. The van der Waals surface area contributed by atoms with Gasteiger partial charge in [-0.05, 0) is 165 Å². The number of ether oxygens (including phenoxy) is 1. The molecule has 8 aromatic carbocycles. The molecule has 0 unspecified atom stereocenters. The van der Waals surface area contributed by atoms with Crippen LogP contribution < -0.4 is 20.7 Å². The molecular formula is C75H83N3O10. The number of carbonyl (C=O) groups excluding carboxylic acids is 3. The van der Waals surface area contributed by atoms with Crippen molar-refractivity contribution in [2.24, 2.45) is 5.41 Å². The zero-order chi connectivity index (χ0) is 62.9. The number of unbranched alkanes of at least 4 members (excludes halogenated alkanes) is 6. The summed E-state index contributed by atoms with van der Waals surface area (Å²) in [6.45, 7) is 5.67. The zero-order valence-corrected chi connectivity index (χ0v) is 50.9. The van der Waals surface area contributed by atoms with Gasteiger partial charge in [0.05, 0.1) is 23.1 Å². The summed E-state index contributed by atoms with van der Waals surface area (Å²) in [7, 11) is 0. The van der Waals surface area contributed by atoms with Crippen LogP contribution in [-0.4, -0.2) is 57.6 Å². The van der Waals surface area contributed by atoms with Crippen molar-refractivity contribution in [3.8, 4) is 5.75 Å². The number of carboxylic acid groups (broad SMARTS) is 3. The fourth-order valence-electron chi connectivity index (χ4n) is 9.98. The maximum atomic E-state index is 12.4. The average molecular weight is 1190 g/mol. The number of para-hydroxylation sites is 4. The lowest BCUT2D eigenvalue weighted by molar-refractivity contribution is -0.123. The Morgan fingerprint density at radius 1 is 0.341 bits per heavy atom. The topological polar surface area (TPSA) is 208 Å². The molecule has 6 N–H and O–H groups in total. The second-order valence-electron chi connectivity index (χ2n) is 22.6. The molecule has 88 heavy (non-hydrogen) atoms. The Bertz CT molecular complexity index is 3500. The van der Waals surface area contributed by atoms with Gasteiger partial charge in [0, 0.05) is 22.5 Å². The maximum absolute atomic E-state index is 12.4. The standard InChI is InChI=1S/C26H27NO4.C26H27NO3.C23H29NO3/c28-25(19-31-22-15-5-2-6-16-22)27-24-18-10-8-14-21(24)13-4-1-3-11-20-12-7-9-17-23(20)26(29)30;28-25(19-20-11-3-1-4-12-20)27-24-18-10-8-16-22(24)15-6-2-5-13-21-14-7-9-17-23(21)26(29)30;1-23(2,3)22(27)24-20-16-10-8-14-18(20)13-6-4-5-11-17-12-7-9-15-19(17)21(25)26/h2,5-10,12,14-18H,1,3-4,11,13,19H2,(H,27,28)(H,29,30);1,3-4,7-12,14,16-18H,2,5-6,13,15,19H2,(H,27,28)(H,29,30);7-10,12,14-16H,4-6,11,13H2,1-3H3,(H,24,27)(H,25,26). The highest BCUT2D eigenvalue weighted by atomic mass is 16.5. The van der Waals surface area contributed by atoms with Gasteiger partial charge in [-0.2, -0.15) is 0 Å². The molecule has 0 bridgehead atoms. The summed E-state index contributed by atoms with van der Waals surface area (Å²) in [4.78, 5) is 70.8. The Labute approximate surface area is 518 Å². The Kier molecular flexibility index (Phi) is 27.9. The van der Waals surface area contributed by atoms with E-state index >= 15 is 0 Å². The summed E-state index contributed by atoms with van der Waals surface area (Å²) in [5, 5.41) is 36.8. The van der Waals surface area contributed by atoms with Crippen LogP contribution >= 0.6 is 0 Å². The average Bonchev–Trinajstić information content (AvgIpc) is 3.67. The molecule has 0 spiro atoms. The summed E-state index contributed by atoms with van der Waals surface area (Å²) < 4.78 is 5.51. The predicted molar refractivity (Wildman–Crippen MR) is 351 cm³/mol. The molecule has 13 nitrogen and oxygen atoms in total. The molecule has 0 aliphatic heterocycles. The van der Waals surface area contributed by atoms with Crippen LogP contribution in [0.25, 0.3) is 0 Å². The molecule has 13 heteroatoms. The van der Waals surface area contributed by atoms with Crippen LogP contribution in [0.15, 0.2) is 206 Å². The van der Waals surface area contributed by atoms with E-state index < -0.39 is 23.3 Å². The van der Waals surface area contributed by atoms with Gasteiger partial charge in [0.2, 0.25) is 11.8 Å². The predicted octanol–water partition coefficient (Wildman–Crippen LogP) is 16.2. The Morgan fingerprint density at radius 3 is 1.00 bits per heavy atom. The van der Waals surface area contributed by atoms with Gasteiger partial charge in [0.1, 0.15) is 5.75 Å². The van der Waals surface area contributed by atoms with Crippen LogP contribution in [0.5, 0.6) is 5.75 Å². The lowest BCUT2D eigenvalue weighted by Crippen LogP contribution is -2.28. The van der Waals surface area contributed by atoms with Crippen LogP contribution in [0.2, 0.25) is 0 Å². The Morgan fingerprint density at radius 2 is 0.636 bits per heavy atom. The number of hydrogen-bond donors (Lipinski definition) is 6. The summed E-state index contributed by atoms with van der Waals surface area (Å²) in [6.07, 6.45) is 14.0. The fourth-order valence-corrected chi connectivity index (χ4v) is 9.98. The van der Waals surface area contributed by atoms with Crippen molar-refractivity contribution in [2.75, 3.05) is 22.6 Å². The molecule has 0 aliphatic carbocycles. The van der Waals surface area contributed by atoms with Crippen LogP contribution in [0, 0.1) is 5.41 Å². The number of nitrogens with one attached hydrogen (secondary N) is 3. The molecule has 0 radical (unpaired) electrons. The van der Waals surface area contributed by atoms with Crippen molar-refractivity contribution < 1.29 is 48.8 Å². The van der Waals surface area contributed by atoms with E-state index in [1.807, 2.05) is 178 Å². The minimum atomic E-state index is -0.878. The molecule has 458 valence electrons. The number of rotatable bonds is 29. The van der Waals surface area contributed by atoms with E-state index in [0.717, 1.165) is 152 Å². The molecule has 0 fully saturated rings. The van der Waals surface area contributed by atoms with Crippen LogP contribution in [0.3, 0.4) is 0 Å². The van der Waals surface area contributed by atoms with Gasteiger partial charge in [-0.25, -0.2) is 14.4 Å². The van der Waals surface area contributed by atoms with E-state index in [1.54, 1.807) is 36.4 Å². The normalized spacial score (nSPS) is 10.7. The number of aryl methyl sites for hydroxylation is 6. The van der Waals surface area contributed by atoms with Gasteiger partial charge in [0.25, 0.3) is 5.91 Å². The fraction of sp³-hybridized carbons (Fsp3) is 0.280. The van der Waals surface area contributed by atoms with E-state index in [4.69, 9.17) is 4.74 Å². The van der Waals surface area contributed by atoms with Gasteiger partial charge in [-0.15, -0.1) is 0 Å². The molecule has 0 saturated heterocycles. The molecule has 0 aromatic heterocycles. The molecule has 0 aliphatic rings. The third kappa shape index (κ3) is 23.7. The SMILES string of the molecule is CC(C)(C)C(=O)Nc1ccccc1CCCCCc1ccccc1C(=O)O.O=C(COc1ccccc1)Nc1ccccc1CCCCCc1ccccc1C(=O)O.O=C(Cc1ccccc1)Nc1ccccc1CCCCCc1ccccc1C(=O)O. The van der Waals surface area contributed by atoms with Crippen LogP contribution in [-0.2, 0) is 59.3 Å². The molecule has 8 aromatic rings. The van der Waals surface area contributed by atoms with Crippen molar-refractivity contribution in [1.29, 1.82) is 0 Å². The second kappa shape index (κ2) is 36.4. The van der Waals surface area contributed by atoms with Crippen molar-refractivity contribution in [2.45, 2.75) is 124 Å². The van der Waals surface area contributed by atoms with Crippen LogP contribution in [0.4, 0.5) is 17.1 Å². The van der Waals surface area contributed by atoms with E-state index in [-0.39, 0.29) is 24.3 Å². The monoisotopic (exact) mass is 1190 g/mol. The third-order valence-electron chi connectivity index (χ3n) is 14.8. The summed E-state index contributed by atoms with van der Waals surface area (Å²) >= 11 is 0. The molecular weight excluding hydrogens is 1100 g/mol. The van der Waals surface area contributed by atoms with Crippen molar-refractivity contribution in [3.05, 3.63) is 262 Å². The van der Waals surface area contributed by atoms with Crippen molar-refractivity contribution >= 4 is 52.7 Å². The first-order valence-corrected chi connectivity index (χ1v) is 30.4. The maximum Gasteiger partial charge on any atom is 0.335 e. The number of aromatic carboxylic acids is 3. The first kappa shape index (κ1) is 67.5. The van der Waals surface area contributed by atoms with Gasteiger partial charge >= 0.3 is 17.9 Å². The van der Waals surface area contributed by atoms with Crippen molar-refractivity contribution in [3.63, 3.8) is 0 Å². The second-order valence-corrected chi connectivity index (χ2v) is 22.6.